The number of amides is 2. The number of carbonyl (C=O) groups excluding carboxylic acids is 2. The molecule has 1 atom stereocenters. The van der Waals surface area contributed by atoms with Crippen LogP contribution >= 0.6 is 0 Å². The average molecular weight is 292 g/mol. The van der Waals surface area contributed by atoms with Crippen LogP contribution in [0.2, 0.25) is 0 Å². The van der Waals surface area contributed by atoms with Gasteiger partial charge in [-0.1, -0.05) is 30.3 Å². The van der Waals surface area contributed by atoms with Crippen LogP contribution in [-0.4, -0.2) is 49.4 Å². The van der Waals surface area contributed by atoms with Crippen molar-refractivity contribution >= 4 is 11.8 Å². The smallest absolute Gasteiger partial charge is 0.239 e. The van der Waals surface area contributed by atoms with Crippen molar-refractivity contribution in [2.24, 2.45) is 5.73 Å². The largest absolute Gasteiger partial charge is 0.351 e. The van der Waals surface area contributed by atoms with Crippen molar-refractivity contribution in [3.8, 4) is 0 Å². The second kappa shape index (κ2) is 9.10. The molecule has 0 aliphatic heterocycles. The van der Waals surface area contributed by atoms with Crippen LogP contribution in [0.5, 0.6) is 0 Å². The normalized spacial score (nSPS) is 12.0. The first kappa shape index (κ1) is 17.1. The second-order valence-corrected chi connectivity index (χ2v) is 5.13. The number of hydrogen-bond donors (Lipinski definition) is 3. The molecule has 0 spiro atoms. The molecule has 1 rings (SSSR count). The summed E-state index contributed by atoms with van der Waals surface area (Å²) >= 11 is 0. The van der Waals surface area contributed by atoms with Gasteiger partial charge in [-0.3, -0.25) is 9.59 Å². The van der Waals surface area contributed by atoms with Gasteiger partial charge in [-0.05, 0) is 19.5 Å². The van der Waals surface area contributed by atoms with Gasteiger partial charge < -0.3 is 21.3 Å². The molecule has 0 heterocycles. The van der Waals surface area contributed by atoms with E-state index in [4.69, 9.17) is 5.73 Å². The summed E-state index contributed by atoms with van der Waals surface area (Å²) in [5.41, 5.74) is 6.38. The van der Waals surface area contributed by atoms with E-state index in [1.165, 1.54) is 5.56 Å². The molecule has 0 aliphatic rings. The molecule has 116 valence electrons. The van der Waals surface area contributed by atoms with Crippen molar-refractivity contribution in [2.45, 2.75) is 19.5 Å². The molecule has 0 aliphatic carbocycles. The Balaban J connectivity index is 2.27. The van der Waals surface area contributed by atoms with Crippen LogP contribution in [0.3, 0.4) is 0 Å². The molecule has 0 fully saturated rings. The van der Waals surface area contributed by atoms with Crippen molar-refractivity contribution in [3.05, 3.63) is 35.9 Å². The SMILES string of the molecule is CC(CN(C)Cc1ccccc1)NC(=O)CNC(=O)CN. The molecule has 1 aromatic rings. The fourth-order valence-electron chi connectivity index (χ4n) is 2.05. The number of nitrogens with zero attached hydrogens (tertiary/aromatic N) is 1. The quantitative estimate of drug-likeness (QED) is 0.614. The fraction of sp³-hybridized carbons (Fsp3) is 0.467. The summed E-state index contributed by atoms with van der Waals surface area (Å²) in [6.45, 7) is 3.34. The Morgan fingerprint density at radius 1 is 1.24 bits per heavy atom. The van der Waals surface area contributed by atoms with Crippen LogP contribution < -0.4 is 16.4 Å². The lowest BCUT2D eigenvalue weighted by molar-refractivity contribution is -0.125. The zero-order valence-corrected chi connectivity index (χ0v) is 12.6. The minimum Gasteiger partial charge on any atom is -0.351 e. The molecule has 21 heavy (non-hydrogen) atoms. The molecular formula is C15H24N4O2. The number of likely N-dealkylation sites (N-methyl/N-ethyl adjacent to an activating group) is 1. The van der Waals surface area contributed by atoms with Crippen LogP contribution in [-0.2, 0) is 16.1 Å². The van der Waals surface area contributed by atoms with Gasteiger partial charge >= 0.3 is 0 Å². The van der Waals surface area contributed by atoms with E-state index in [9.17, 15) is 9.59 Å². The molecule has 0 aromatic heterocycles. The first-order valence-corrected chi connectivity index (χ1v) is 7.00. The lowest BCUT2D eigenvalue weighted by atomic mass is 10.2. The highest BCUT2D eigenvalue weighted by Gasteiger charge is 2.10. The van der Waals surface area contributed by atoms with Gasteiger partial charge in [-0.15, -0.1) is 0 Å². The number of hydrogen-bond acceptors (Lipinski definition) is 4. The van der Waals surface area contributed by atoms with Gasteiger partial charge in [0.1, 0.15) is 0 Å². The Labute approximate surface area is 125 Å². The van der Waals surface area contributed by atoms with E-state index in [-0.39, 0.29) is 30.9 Å². The van der Waals surface area contributed by atoms with Gasteiger partial charge in [0.05, 0.1) is 13.1 Å². The number of nitrogens with two attached hydrogens (primary N) is 1. The third-order valence-electron chi connectivity index (χ3n) is 2.92. The molecule has 1 unspecified atom stereocenters. The first-order valence-electron chi connectivity index (χ1n) is 7.00. The molecular weight excluding hydrogens is 268 g/mol. The summed E-state index contributed by atoms with van der Waals surface area (Å²) in [7, 11) is 2.01. The highest BCUT2D eigenvalue weighted by Crippen LogP contribution is 2.02. The van der Waals surface area contributed by atoms with Gasteiger partial charge in [-0.2, -0.15) is 0 Å². The average Bonchev–Trinajstić information content (AvgIpc) is 2.45. The van der Waals surface area contributed by atoms with Crippen LogP contribution in [0.25, 0.3) is 0 Å². The molecule has 4 N–H and O–H groups in total. The van der Waals surface area contributed by atoms with Crippen molar-refractivity contribution in [2.75, 3.05) is 26.7 Å². The second-order valence-electron chi connectivity index (χ2n) is 5.13. The molecule has 0 bridgehead atoms. The van der Waals surface area contributed by atoms with Crippen LogP contribution in [0, 0.1) is 0 Å². The van der Waals surface area contributed by atoms with Gasteiger partial charge in [0.25, 0.3) is 0 Å². The first-order chi connectivity index (χ1) is 10.0. The van der Waals surface area contributed by atoms with E-state index in [0.29, 0.717) is 0 Å². The molecule has 0 saturated carbocycles. The number of rotatable bonds is 8. The standard InChI is InChI=1S/C15H24N4O2/c1-12(18-15(21)9-17-14(20)8-16)10-19(2)11-13-6-4-3-5-7-13/h3-7,12H,8-11,16H2,1-2H3,(H,17,20)(H,18,21). The summed E-state index contributed by atoms with van der Waals surface area (Å²) in [6, 6.07) is 10.1. The Kier molecular flexibility index (Phi) is 7.42. The third kappa shape index (κ3) is 7.43. The summed E-state index contributed by atoms with van der Waals surface area (Å²) in [6.07, 6.45) is 0. The number of benzene rings is 1. The summed E-state index contributed by atoms with van der Waals surface area (Å²) in [5.74, 6) is -0.545. The lowest BCUT2D eigenvalue weighted by Gasteiger charge is -2.22. The minimum absolute atomic E-state index is 0.000917. The van der Waals surface area contributed by atoms with E-state index in [1.54, 1.807) is 0 Å². The van der Waals surface area contributed by atoms with Crippen molar-refractivity contribution < 1.29 is 9.59 Å². The van der Waals surface area contributed by atoms with E-state index in [0.717, 1.165) is 13.1 Å². The molecule has 0 saturated heterocycles. The number of nitrogens with one attached hydrogen (secondary N) is 2. The highest BCUT2D eigenvalue weighted by atomic mass is 16.2. The van der Waals surface area contributed by atoms with Crippen LogP contribution in [0.1, 0.15) is 12.5 Å². The van der Waals surface area contributed by atoms with Gasteiger partial charge in [-0.25, -0.2) is 0 Å². The van der Waals surface area contributed by atoms with E-state index in [1.807, 2.05) is 32.2 Å². The van der Waals surface area contributed by atoms with E-state index < -0.39 is 0 Å². The predicted octanol–water partition coefficient (Wildman–Crippen LogP) is -0.302. The van der Waals surface area contributed by atoms with Crippen molar-refractivity contribution in [3.63, 3.8) is 0 Å². The molecule has 2 amide bonds. The summed E-state index contributed by atoms with van der Waals surface area (Å²) in [5, 5.41) is 5.28. The van der Waals surface area contributed by atoms with Gasteiger partial charge in [0.15, 0.2) is 0 Å². The molecule has 6 nitrogen and oxygen atoms in total. The fourth-order valence-corrected chi connectivity index (χ4v) is 2.05. The topological polar surface area (TPSA) is 87.5 Å². The Bertz CT molecular complexity index is 450. The van der Waals surface area contributed by atoms with Gasteiger partial charge in [0, 0.05) is 19.1 Å². The van der Waals surface area contributed by atoms with E-state index >= 15 is 0 Å². The van der Waals surface area contributed by atoms with Crippen molar-refractivity contribution in [1.29, 1.82) is 0 Å². The zero-order valence-electron chi connectivity index (χ0n) is 12.6. The Morgan fingerprint density at radius 2 is 1.90 bits per heavy atom. The zero-order chi connectivity index (χ0) is 15.7. The Morgan fingerprint density at radius 3 is 2.52 bits per heavy atom. The lowest BCUT2D eigenvalue weighted by Crippen LogP contribution is -2.45. The predicted molar refractivity (Wildman–Crippen MR) is 82.4 cm³/mol. The monoisotopic (exact) mass is 292 g/mol. The maximum absolute atomic E-state index is 11.6. The number of carbonyl (C=O) groups is 2. The molecule has 1 aromatic carbocycles. The summed E-state index contributed by atoms with van der Waals surface area (Å²) in [4.78, 5) is 24.7. The van der Waals surface area contributed by atoms with Crippen molar-refractivity contribution in [1.82, 2.24) is 15.5 Å². The maximum Gasteiger partial charge on any atom is 0.239 e. The summed E-state index contributed by atoms with van der Waals surface area (Å²) < 4.78 is 0. The van der Waals surface area contributed by atoms with Crippen LogP contribution in [0.4, 0.5) is 0 Å². The van der Waals surface area contributed by atoms with Gasteiger partial charge in [0.2, 0.25) is 11.8 Å². The third-order valence-corrected chi connectivity index (χ3v) is 2.92. The Hall–Kier alpha value is -1.92. The van der Waals surface area contributed by atoms with E-state index in [2.05, 4.69) is 27.7 Å². The minimum atomic E-state index is -0.334. The highest BCUT2D eigenvalue weighted by molar-refractivity contribution is 5.85. The molecule has 0 radical (unpaired) electrons. The van der Waals surface area contributed by atoms with Crippen LogP contribution in [0.15, 0.2) is 30.3 Å². The molecule has 6 heteroatoms. The maximum atomic E-state index is 11.6.